The molecule has 1 rings (SSSR count). The van der Waals surface area contributed by atoms with Gasteiger partial charge in [-0.1, -0.05) is 20.8 Å². The maximum absolute atomic E-state index is 12.3. The summed E-state index contributed by atoms with van der Waals surface area (Å²) in [7, 11) is -3.35. The van der Waals surface area contributed by atoms with Crippen molar-refractivity contribution in [3.63, 3.8) is 0 Å². The summed E-state index contributed by atoms with van der Waals surface area (Å²) in [4.78, 5) is 0. The van der Waals surface area contributed by atoms with Crippen molar-refractivity contribution in [3.05, 3.63) is 0 Å². The van der Waals surface area contributed by atoms with Crippen molar-refractivity contribution < 1.29 is 8.42 Å². The molecule has 0 radical (unpaired) electrons. The third-order valence-corrected chi connectivity index (χ3v) is 5.15. The molecule has 0 aliphatic carbocycles. The maximum Gasteiger partial charge on any atom is 0.279 e. The molecule has 0 saturated carbocycles. The Morgan fingerprint density at radius 3 is 2.61 bits per heavy atom. The molecule has 1 fully saturated rings. The number of hydrogen-bond donors (Lipinski definition) is 2. The van der Waals surface area contributed by atoms with Gasteiger partial charge in [-0.25, -0.2) is 0 Å². The summed E-state index contributed by atoms with van der Waals surface area (Å²) in [5.41, 5.74) is 5.54. The molecule has 0 amide bonds. The lowest BCUT2D eigenvalue weighted by atomic mass is 10.0. The van der Waals surface area contributed by atoms with E-state index < -0.39 is 10.2 Å². The van der Waals surface area contributed by atoms with Crippen LogP contribution < -0.4 is 10.5 Å². The predicted molar refractivity (Wildman–Crippen MR) is 74.3 cm³/mol. The summed E-state index contributed by atoms with van der Waals surface area (Å²) in [5, 5.41) is 0. The van der Waals surface area contributed by atoms with E-state index in [9.17, 15) is 8.42 Å². The van der Waals surface area contributed by atoms with Crippen molar-refractivity contribution in [1.29, 1.82) is 0 Å². The van der Waals surface area contributed by atoms with E-state index in [0.717, 1.165) is 12.8 Å². The second-order valence-electron chi connectivity index (χ2n) is 5.66. The fraction of sp³-hybridized carbons (Fsp3) is 1.00. The predicted octanol–water partition coefficient (Wildman–Crippen LogP) is 0.926. The summed E-state index contributed by atoms with van der Waals surface area (Å²) < 4.78 is 29.0. The summed E-state index contributed by atoms with van der Waals surface area (Å²) >= 11 is 0. The Bertz CT molecular complexity index is 343. The lowest BCUT2D eigenvalue weighted by molar-refractivity contribution is 0.273. The van der Waals surface area contributed by atoms with Crippen LogP contribution in [0.15, 0.2) is 0 Å². The van der Waals surface area contributed by atoms with E-state index in [1.807, 2.05) is 13.8 Å². The molecular weight excluding hydrogens is 250 g/mol. The molecule has 0 aromatic rings. The van der Waals surface area contributed by atoms with Crippen LogP contribution >= 0.6 is 0 Å². The minimum absolute atomic E-state index is 0.0720. The van der Waals surface area contributed by atoms with Crippen LogP contribution in [-0.4, -0.2) is 38.4 Å². The monoisotopic (exact) mass is 277 g/mol. The number of nitrogens with one attached hydrogen (secondary N) is 1. The Morgan fingerprint density at radius 1 is 1.44 bits per heavy atom. The van der Waals surface area contributed by atoms with Crippen molar-refractivity contribution in [2.45, 2.75) is 46.1 Å². The van der Waals surface area contributed by atoms with Crippen LogP contribution in [0.3, 0.4) is 0 Å². The average Bonchev–Trinajstić information content (AvgIpc) is 2.28. The first kappa shape index (κ1) is 15.9. The van der Waals surface area contributed by atoms with Crippen molar-refractivity contribution in [2.24, 2.45) is 17.6 Å². The number of rotatable bonds is 6. The Hall–Kier alpha value is -0.170. The summed E-state index contributed by atoms with van der Waals surface area (Å²) in [6.45, 7) is 7.89. The number of piperidine rings is 1. The van der Waals surface area contributed by atoms with Gasteiger partial charge < -0.3 is 5.73 Å². The molecule has 2 atom stereocenters. The molecule has 1 aliphatic heterocycles. The van der Waals surface area contributed by atoms with Gasteiger partial charge in [0.2, 0.25) is 0 Å². The normalized spacial score (nSPS) is 24.4. The quantitative estimate of drug-likeness (QED) is 0.758. The SMILES string of the molecule is CC1CCCN(S(=O)(=O)NC(CCN)C(C)C)C1. The van der Waals surface area contributed by atoms with E-state index in [4.69, 9.17) is 5.73 Å². The van der Waals surface area contributed by atoms with Crippen molar-refractivity contribution in [3.8, 4) is 0 Å². The highest BCUT2D eigenvalue weighted by atomic mass is 32.2. The molecule has 108 valence electrons. The van der Waals surface area contributed by atoms with Crippen molar-refractivity contribution in [1.82, 2.24) is 9.03 Å². The first-order valence-electron chi connectivity index (χ1n) is 6.84. The Labute approximate surface area is 111 Å². The second-order valence-corrected chi connectivity index (χ2v) is 7.36. The number of nitrogens with two attached hydrogens (primary N) is 1. The van der Waals surface area contributed by atoms with Crippen LogP contribution in [-0.2, 0) is 10.2 Å². The zero-order chi connectivity index (χ0) is 13.8. The minimum atomic E-state index is -3.35. The van der Waals surface area contributed by atoms with E-state index in [1.54, 1.807) is 4.31 Å². The smallest absolute Gasteiger partial charge is 0.279 e. The minimum Gasteiger partial charge on any atom is -0.330 e. The Kier molecular flexibility index (Phi) is 6.04. The highest BCUT2D eigenvalue weighted by Crippen LogP contribution is 2.18. The molecule has 0 spiro atoms. The van der Waals surface area contributed by atoms with Gasteiger partial charge in [0.05, 0.1) is 0 Å². The van der Waals surface area contributed by atoms with E-state index >= 15 is 0 Å². The number of nitrogens with zero attached hydrogens (tertiary/aromatic N) is 1. The van der Waals surface area contributed by atoms with Gasteiger partial charge in [0.1, 0.15) is 0 Å². The fourth-order valence-electron chi connectivity index (χ4n) is 2.34. The van der Waals surface area contributed by atoms with Gasteiger partial charge in [0, 0.05) is 19.1 Å². The molecule has 0 aromatic heterocycles. The van der Waals surface area contributed by atoms with Gasteiger partial charge in [0.25, 0.3) is 10.2 Å². The first-order valence-corrected chi connectivity index (χ1v) is 8.28. The van der Waals surface area contributed by atoms with Crippen LogP contribution in [0.1, 0.15) is 40.0 Å². The van der Waals surface area contributed by atoms with Gasteiger partial charge in [-0.2, -0.15) is 17.4 Å². The molecule has 5 nitrogen and oxygen atoms in total. The van der Waals surface area contributed by atoms with Gasteiger partial charge >= 0.3 is 0 Å². The zero-order valence-electron chi connectivity index (χ0n) is 11.7. The van der Waals surface area contributed by atoms with Gasteiger partial charge in [-0.05, 0) is 37.6 Å². The van der Waals surface area contributed by atoms with E-state index in [1.165, 1.54) is 0 Å². The Morgan fingerprint density at radius 2 is 2.11 bits per heavy atom. The van der Waals surface area contributed by atoms with E-state index in [-0.39, 0.29) is 12.0 Å². The molecule has 1 saturated heterocycles. The molecular formula is C12H27N3O2S. The molecule has 1 heterocycles. The molecule has 2 unspecified atom stereocenters. The summed E-state index contributed by atoms with van der Waals surface area (Å²) in [6, 6.07) is -0.0720. The van der Waals surface area contributed by atoms with Crippen LogP contribution in [0, 0.1) is 11.8 Å². The maximum atomic E-state index is 12.3. The van der Waals surface area contributed by atoms with Crippen molar-refractivity contribution >= 4 is 10.2 Å². The third-order valence-electron chi connectivity index (χ3n) is 3.54. The molecule has 18 heavy (non-hydrogen) atoms. The largest absolute Gasteiger partial charge is 0.330 e. The summed E-state index contributed by atoms with van der Waals surface area (Å²) in [5.74, 6) is 0.702. The fourth-order valence-corrected chi connectivity index (χ4v) is 4.08. The molecule has 6 heteroatoms. The average molecular weight is 277 g/mol. The van der Waals surface area contributed by atoms with Crippen LogP contribution in [0.2, 0.25) is 0 Å². The van der Waals surface area contributed by atoms with Gasteiger partial charge in [-0.3, -0.25) is 0 Å². The lowest BCUT2D eigenvalue weighted by Crippen LogP contribution is -2.50. The van der Waals surface area contributed by atoms with Crippen LogP contribution in [0.5, 0.6) is 0 Å². The Balaban J connectivity index is 2.67. The van der Waals surface area contributed by atoms with Crippen LogP contribution in [0.25, 0.3) is 0 Å². The van der Waals surface area contributed by atoms with Gasteiger partial charge in [-0.15, -0.1) is 0 Å². The topological polar surface area (TPSA) is 75.4 Å². The van der Waals surface area contributed by atoms with E-state index in [0.29, 0.717) is 32.0 Å². The lowest BCUT2D eigenvalue weighted by Gasteiger charge is -2.32. The zero-order valence-corrected chi connectivity index (χ0v) is 12.5. The van der Waals surface area contributed by atoms with Crippen molar-refractivity contribution in [2.75, 3.05) is 19.6 Å². The van der Waals surface area contributed by atoms with E-state index in [2.05, 4.69) is 11.6 Å². The first-order chi connectivity index (χ1) is 8.36. The highest BCUT2D eigenvalue weighted by Gasteiger charge is 2.29. The standard InChI is InChI=1S/C12H27N3O2S/c1-10(2)12(6-7-13)14-18(16,17)15-8-4-5-11(3)9-15/h10-12,14H,4-9,13H2,1-3H3. The molecule has 3 N–H and O–H groups in total. The van der Waals surface area contributed by atoms with Gasteiger partial charge in [0.15, 0.2) is 0 Å². The molecule has 1 aliphatic rings. The molecule has 0 aromatic carbocycles. The third kappa shape index (κ3) is 4.50. The second kappa shape index (κ2) is 6.84. The summed E-state index contributed by atoms with van der Waals surface area (Å²) in [6.07, 6.45) is 2.74. The number of hydrogen-bond acceptors (Lipinski definition) is 3. The highest BCUT2D eigenvalue weighted by molar-refractivity contribution is 7.87. The van der Waals surface area contributed by atoms with Crippen LogP contribution in [0.4, 0.5) is 0 Å². The molecule has 0 bridgehead atoms.